The van der Waals surface area contributed by atoms with Gasteiger partial charge in [0.05, 0.1) is 17.2 Å². The van der Waals surface area contributed by atoms with Crippen molar-refractivity contribution in [3.8, 4) is 5.75 Å². The highest BCUT2D eigenvalue weighted by Gasteiger charge is 2.33. The van der Waals surface area contributed by atoms with Gasteiger partial charge in [-0.25, -0.2) is 12.8 Å². The van der Waals surface area contributed by atoms with E-state index in [1.54, 1.807) is 31.2 Å². The summed E-state index contributed by atoms with van der Waals surface area (Å²) >= 11 is 6.05. The third-order valence-corrected chi connectivity index (χ3v) is 8.49. The first-order valence-corrected chi connectivity index (χ1v) is 15.6. The van der Waals surface area contributed by atoms with Crippen molar-refractivity contribution in [2.24, 2.45) is 5.92 Å². The number of halogens is 2. The van der Waals surface area contributed by atoms with Crippen LogP contribution in [0.5, 0.6) is 5.75 Å². The van der Waals surface area contributed by atoms with Gasteiger partial charge in [0.25, 0.3) is 10.0 Å². The van der Waals surface area contributed by atoms with Gasteiger partial charge in [0.1, 0.15) is 24.2 Å². The van der Waals surface area contributed by atoms with Crippen molar-refractivity contribution in [1.29, 1.82) is 0 Å². The molecule has 1 unspecified atom stereocenters. The van der Waals surface area contributed by atoms with Crippen molar-refractivity contribution in [2.75, 3.05) is 24.0 Å². The highest BCUT2D eigenvalue weighted by Crippen LogP contribution is 2.26. The summed E-state index contributed by atoms with van der Waals surface area (Å²) in [5, 5.41) is 3.40. The molecule has 0 saturated carbocycles. The number of carbonyl (C=O) groups excluding carboxylic acids is 2. The zero-order valence-corrected chi connectivity index (χ0v) is 25.8. The number of nitrogens with one attached hydrogen (secondary N) is 1. The molecule has 0 radical (unpaired) electrons. The fraction of sp³-hybridized carbons (Fsp3) is 0.355. The van der Waals surface area contributed by atoms with E-state index < -0.39 is 34.3 Å². The Kier molecular flexibility index (Phi) is 11.8. The van der Waals surface area contributed by atoms with Crippen LogP contribution in [-0.4, -0.2) is 50.9 Å². The van der Waals surface area contributed by atoms with Gasteiger partial charge < -0.3 is 15.0 Å². The van der Waals surface area contributed by atoms with Gasteiger partial charge >= 0.3 is 0 Å². The SMILES string of the molecule is CCOc1ccc(S(=O)(=O)N(CC(=O)N(Cc2ccc(Cl)cc2)C(CC)C(=O)NCC(C)C)c2ccc(F)cc2)cc1. The van der Waals surface area contributed by atoms with Crippen molar-refractivity contribution < 1.29 is 27.1 Å². The zero-order valence-electron chi connectivity index (χ0n) is 24.2. The fourth-order valence-electron chi connectivity index (χ4n) is 4.27. The molecule has 8 nitrogen and oxygen atoms in total. The van der Waals surface area contributed by atoms with Gasteiger partial charge in [-0.3, -0.25) is 13.9 Å². The molecule has 11 heteroatoms. The second-order valence-corrected chi connectivity index (χ2v) is 12.4. The van der Waals surface area contributed by atoms with E-state index in [1.807, 2.05) is 20.8 Å². The Morgan fingerprint density at radius 1 is 0.952 bits per heavy atom. The van der Waals surface area contributed by atoms with Crippen LogP contribution in [0.2, 0.25) is 5.02 Å². The monoisotopic (exact) mass is 617 g/mol. The quantitative estimate of drug-likeness (QED) is 0.252. The summed E-state index contributed by atoms with van der Waals surface area (Å²) in [4.78, 5) is 28.6. The molecule has 3 rings (SSSR count). The Morgan fingerprint density at radius 3 is 2.12 bits per heavy atom. The summed E-state index contributed by atoms with van der Waals surface area (Å²) in [5.41, 5.74) is 0.813. The second kappa shape index (κ2) is 15.0. The molecular formula is C31H37ClFN3O5S. The summed E-state index contributed by atoms with van der Waals surface area (Å²) in [7, 11) is -4.29. The minimum absolute atomic E-state index is 0.0456. The second-order valence-electron chi connectivity index (χ2n) is 10.1. The number of anilines is 1. The number of nitrogens with zero attached hydrogens (tertiary/aromatic N) is 2. The summed E-state index contributed by atoms with van der Waals surface area (Å²) in [6, 6.07) is 16.7. The average Bonchev–Trinajstić information content (AvgIpc) is 2.96. The number of hydrogen-bond donors (Lipinski definition) is 1. The number of benzene rings is 3. The fourth-order valence-corrected chi connectivity index (χ4v) is 5.81. The van der Waals surface area contributed by atoms with Crippen LogP contribution in [-0.2, 0) is 26.2 Å². The molecular weight excluding hydrogens is 581 g/mol. The van der Waals surface area contributed by atoms with Crippen molar-refractivity contribution in [1.82, 2.24) is 10.2 Å². The lowest BCUT2D eigenvalue weighted by molar-refractivity contribution is -0.140. The molecule has 1 atom stereocenters. The molecule has 2 amide bonds. The van der Waals surface area contributed by atoms with E-state index in [0.717, 1.165) is 16.4 Å². The molecule has 0 aromatic heterocycles. The summed E-state index contributed by atoms with van der Waals surface area (Å²) in [6.45, 7) is 7.79. The molecule has 0 heterocycles. The smallest absolute Gasteiger partial charge is 0.264 e. The largest absolute Gasteiger partial charge is 0.494 e. The van der Waals surface area contributed by atoms with Crippen LogP contribution in [0, 0.1) is 11.7 Å². The summed E-state index contributed by atoms with van der Waals surface area (Å²) < 4.78 is 48.0. The van der Waals surface area contributed by atoms with E-state index in [9.17, 15) is 22.4 Å². The lowest BCUT2D eigenvalue weighted by Gasteiger charge is -2.33. The first kappa shape index (κ1) is 32.9. The van der Waals surface area contributed by atoms with Gasteiger partial charge in [-0.05, 0) is 85.5 Å². The van der Waals surface area contributed by atoms with Crippen LogP contribution in [0.4, 0.5) is 10.1 Å². The van der Waals surface area contributed by atoms with Crippen molar-refractivity contribution in [2.45, 2.75) is 51.6 Å². The zero-order chi connectivity index (χ0) is 30.9. The van der Waals surface area contributed by atoms with Gasteiger partial charge in [0.2, 0.25) is 11.8 Å². The molecule has 0 fully saturated rings. The Bertz CT molecular complexity index is 1430. The molecule has 42 heavy (non-hydrogen) atoms. The predicted molar refractivity (Wildman–Crippen MR) is 162 cm³/mol. The highest BCUT2D eigenvalue weighted by molar-refractivity contribution is 7.92. The highest BCUT2D eigenvalue weighted by atomic mass is 35.5. The molecule has 0 bridgehead atoms. The third-order valence-electron chi connectivity index (χ3n) is 6.45. The lowest BCUT2D eigenvalue weighted by Crippen LogP contribution is -2.52. The number of carbonyl (C=O) groups is 2. The van der Waals surface area contributed by atoms with E-state index in [1.165, 1.54) is 41.3 Å². The topological polar surface area (TPSA) is 96.0 Å². The number of amides is 2. The lowest BCUT2D eigenvalue weighted by atomic mass is 10.1. The minimum Gasteiger partial charge on any atom is -0.494 e. The number of sulfonamides is 1. The van der Waals surface area contributed by atoms with Gasteiger partial charge in [-0.1, -0.05) is 44.5 Å². The number of hydrogen-bond acceptors (Lipinski definition) is 5. The van der Waals surface area contributed by atoms with E-state index in [4.69, 9.17) is 16.3 Å². The van der Waals surface area contributed by atoms with Gasteiger partial charge in [0.15, 0.2) is 0 Å². The van der Waals surface area contributed by atoms with E-state index in [2.05, 4.69) is 5.32 Å². The first-order chi connectivity index (χ1) is 20.0. The van der Waals surface area contributed by atoms with Crippen LogP contribution in [0.3, 0.4) is 0 Å². The maximum atomic E-state index is 14.0. The normalized spacial score (nSPS) is 12.1. The standard InChI is InChI=1S/C31H37ClFN3O5S/c1-5-29(31(38)34-19-22(3)4)35(20-23-7-9-24(32)10-8-23)30(37)21-36(26-13-11-25(33)12-14-26)42(39,40)28-17-15-27(16-18-28)41-6-2/h7-18,22,29H,5-6,19-21H2,1-4H3,(H,34,38). The van der Waals surface area contributed by atoms with E-state index in [0.29, 0.717) is 35.9 Å². The molecule has 0 saturated heterocycles. The van der Waals surface area contributed by atoms with Crippen LogP contribution in [0.25, 0.3) is 0 Å². The third kappa shape index (κ3) is 8.69. The first-order valence-electron chi connectivity index (χ1n) is 13.8. The van der Waals surface area contributed by atoms with Crippen LogP contribution in [0.15, 0.2) is 77.7 Å². The predicted octanol–water partition coefficient (Wildman–Crippen LogP) is 5.65. The number of ether oxygens (including phenoxy) is 1. The van der Waals surface area contributed by atoms with Crippen LogP contribution < -0.4 is 14.4 Å². The van der Waals surface area contributed by atoms with E-state index >= 15 is 0 Å². The maximum absolute atomic E-state index is 14.0. The summed E-state index contributed by atoms with van der Waals surface area (Å²) in [6.07, 6.45) is 0.297. The van der Waals surface area contributed by atoms with Gasteiger partial charge in [-0.15, -0.1) is 0 Å². The van der Waals surface area contributed by atoms with Crippen molar-refractivity contribution >= 4 is 39.1 Å². The summed E-state index contributed by atoms with van der Waals surface area (Å²) in [5.74, 6) is -0.805. The Hall–Kier alpha value is -3.63. The van der Waals surface area contributed by atoms with Crippen molar-refractivity contribution in [3.63, 3.8) is 0 Å². The van der Waals surface area contributed by atoms with Crippen molar-refractivity contribution in [3.05, 3.63) is 89.2 Å². The maximum Gasteiger partial charge on any atom is 0.264 e. The Labute approximate surface area is 252 Å². The van der Waals surface area contributed by atoms with E-state index in [-0.39, 0.29) is 29.0 Å². The molecule has 0 aliphatic heterocycles. The van der Waals surface area contributed by atoms with Gasteiger partial charge in [-0.2, -0.15) is 0 Å². The molecule has 0 aliphatic rings. The molecule has 0 aliphatic carbocycles. The Balaban J connectivity index is 2.03. The Morgan fingerprint density at radius 2 is 1.57 bits per heavy atom. The molecule has 1 N–H and O–H groups in total. The molecule has 226 valence electrons. The molecule has 0 spiro atoms. The number of rotatable bonds is 14. The molecule has 3 aromatic rings. The average molecular weight is 618 g/mol. The van der Waals surface area contributed by atoms with Crippen LogP contribution in [0.1, 0.15) is 39.7 Å². The molecule has 3 aromatic carbocycles. The minimum atomic E-state index is -4.29. The van der Waals surface area contributed by atoms with Crippen LogP contribution >= 0.6 is 11.6 Å². The van der Waals surface area contributed by atoms with Gasteiger partial charge in [0, 0.05) is 18.1 Å².